The molecule has 0 radical (unpaired) electrons. The first kappa shape index (κ1) is 20.6. The lowest BCUT2D eigenvalue weighted by molar-refractivity contribution is -0.137. The molecule has 0 saturated carbocycles. The number of halogens is 4. The van der Waals surface area contributed by atoms with Crippen LogP contribution in [0, 0.1) is 5.82 Å². The van der Waals surface area contributed by atoms with E-state index in [1.165, 1.54) is 39.5 Å². The van der Waals surface area contributed by atoms with E-state index in [-0.39, 0.29) is 35.2 Å². The Balaban J connectivity index is 1.43. The van der Waals surface area contributed by atoms with Crippen LogP contribution in [-0.4, -0.2) is 24.3 Å². The zero-order valence-electron chi connectivity index (χ0n) is 16.6. The highest BCUT2D eigenvalue weighted by molar-refractivity contribution is 5.65. The second-order valence-corrected chi connectivity index (χ2v) is 7.19. The first-order valence-corrected chi connectivity index (χ1v) is 9.63. The van der Waals surface area contributed by atoms with Crippen molar-refractivity contribution in [3.05, 3.63) is 94.6 Å². The third-order valence-electron chi connectivity index (χ3n) is 4.97. The van der Waals surface area contributed by atoms with Crippen molar-refractivity contribution < 1.29 is 22.1 Å². The Morgan fingerprint density at radius 2 is 1.76 bits per heavy atom. The number of benzene rings is 2. The molecule has 2 aromatic carbocycles. The summed E-state index contributed by atoms with van der Waals surface area (Å²) in [5.74, 6) is -0.353. The van der Waals surface area contributed by atoms with E-state index in [1.807, 2.05) is 0 Å². The maximum absolute atomic E-state index is 13.2. The number of alkyl halides is 3. The molecule has 0 fully saturated rings. The standard InChI is InChI=1S/C22H13F4N5O2/c23-16-6-4-13(5-7-16)17-11-18-21(32)30(8-9-31(18)28-17)12-19-27-20(29-33-19)14-2-1-3-15(10-14)22(24,25)26/h1-11H,12H2. The molecule has 7 nitrogen and oxygen atoms in total. The highest BCUT2D eigenvalue weighted by atomic mass is 19.4. The van der Waals surface area contributed by atoms with Crippen LogP contribution < -0.4 is 5.56 Å². The molecule has 0 N–H and O–H groups in total. The van der Waals surface area contributed by atoms with E-state index in [4.69, 9.17) is 4.52 Å². The molecule has 0 unspecified atom stereocenters. The van der Waals surface area contributed by atoms with E-state index in [0.29, 0.717) is 11.3 Å². The molecule has 0 atom stereocenters. The molecule has 0 aliphatic carbocycles. The van der Waals surface area contributed by atoms with Gasteiger partial charge in [0.15, 0.2) is 0 Å². The highest BCUT2D eigenvalue weighted by Gasteiger charge is 2.30. The average Bonchev–Trinajstić information content (AvgIpc) is 3.44. The summed E-state index contributed by atoms with van der Waals surface area (Å²) in [5.41, 5.74) is 0.336. The van der Waals surface area contributed by atoms with Crippen molar-refractivity contribution in [2.45, 2.75) is 12.7 Å². The molecular formula is C22H13F4N5O2. The van der Waals surface area contributed by atoms with Crippen molar-refractivity contribution >= 4 is 5.52 Å². The van der Waals surface area contributed by atoms with Gasteiger partial charge in [0.05, 0.1) is 11.3 Å². The van der Waals surface area contributed by atoms with Gasteiger partial charge in [-0.2, -0.15) is 23.3 Å². The fourth-order valence-corrected chi connectivity index (χ4v) is 3.33. The molecule has 0 amide bonds. The fraction of sp³-hybridized carbons (Fsp3) is 0.0909. The second-order valence-electron chi connectivity index (χ2n) is 7.19. The first-order valence-electron chi connectivity index (χ1n) is 9.63. The van der Waals surface area contributed by atoms with Gasteiger partial charge in [-0.25, -0.2) is 8.91 Å². The van der Waals surface area contributed by atoms with Crippen molar-refractivity contribution in [3.8, 4) is 22.6 Å². The number of hydrogen-bond acceptors (Lipinski definition) is 5. The van der Waals surface area contributed by atoms with Gasteiger partial charge >= 0.3 is 6.18 Å². The molecule has 0 saturated heterocycles. The van der Waals surface area contributed by atoms with E-state index in [9.17, 15) is 22.4 Å². The maximum atomic E-state index is 13.2. The molecule has 166 valence electrons. The predicted molar refractivity (Wildman–Crippen MR) is 109 cm³/mol. The molecule has 3 aromatic heterocycles. The van der Waals surface area contributed by atoms with Gasteiger partial charge in [0.2, 0.25) is 11.7 Å². The van der Waals surface area contributed by atoms with Gasteiger partial charge in [-0.15, -0.1) is 0 Å². The topological polar surface area (TPSA) is 78.2 Å². The largest absolute Gasteiger partial charge is 0.416 e. The highest BCUT2D eigenvalue weighted by Crippen LogP contribution is 2.31. The minimum Gasteiger partial charge on any atom is -0.337 e. The van der Waals surface area contributed by atoms with Crippen LogP contribution in [0.5, 0.6) is 0 Å². The van der Waals surface area contributed by atoms with Crippen molar-refractivity contribution in [3.63, 3.8) is 0 Å². The molecule has 11 heteroatoms. The molecule has 0 aliphatic heterocycles. The molecule has 3 heterocycles. The van der Waals surface area contributed by atoms with Gasteiger partial charge in [-0.05, 0) is 42.5 Å². The lowest BCUT2D eigenvalue weighted by atomic mass is 10.1. The molecule has 0 aliphatic rings. The van der Waals surface area contributed by atoms with Gasteiger partial charge in [-0.3, -0.25) is 4.79 Å². The Morgan fingerprint density at radius 3 is 2.52 bits per heavy atom. The smallest absolute Gasteiger partial charge is 0.337 e. The van der Waals surface area contributed by atoms with Crippen LogP contribution in [0.1, 0.15) is 11.5 Å². The summed E-state index contributed by atoms with van der Waals surface area (Å²) in [5, 5.41) is 8.06. The average molecular weight is 455 g/mol. The molecule has 5 aromatic rings. The van der Waals surface area contributed by atoms with E-state index in [0.717, 1.165) is 12.1 Å². The first-order chi connectivity index (χ1) is 15.8. The van der Waals surface area contributed by atoms with Crippen LogP contribution in [0.4, 0.5) is 17.6 Å². The lowest BCUT2D eigenvalue weighted by Gasteiger charge is -2.06. The summed E-state index contributed by atoms with van der Waals surface area (Å²) in [6.07, 6.45) is -1.46. The Hall–Kier alpha value is -4.28. The number of rotatable bonds is 4. The SMILES string of the molecule is O=c1c2cc(-c3ccc(F)cc3)nn2ccn1Cc1nc(-c2cccc(C(F)(F)F)c2)no1. The van der Waals surface area contributed by atoms with Crippen LogP contribution in [0.3, 0.4) is 0 Å². The third kappa shape index (κ3) is 4.00. The number of nitrogens with zero attached hydrogens (tertiary/aromatic N) is 5. The molecule has 5 rings (SSSR count). The fourth-order valence-electron chi connectivity index (χ4n) is 3.33. The van der Waals surface area contributed by atoms with E-state index < -0.39 is 17.3 Å². The van der Waals surface area contributed by atoms with Crippen LogP contribution in [0.2, 0.25) is 0 Å². The quantitative estimate of drug-likeness (QED) is 0.375. The van der Waals surface area contributed by atoms with Crippen LogP contribution in [0.25, 0.3) is 28.2 Å². The van der Waals surface area contributed by atoms with Crippen LogP contribution in [-0.2, 0) is 12.7 Å². The second kappa shape index (κ2) is 7.69. The Kier molecular flexibility index (Phi) is 4.81. The minimum absolute atomic E-state index is 0.0202. The van der Waals surface area contributed by atoms with Crippen LogP contribution in [0.15, 0.2) is 76.3 Å². The lowest BCUT2D eigenvalue weighted by Crippen LogP contribution is -2.21. The Labute approximate surface area is 182 Å². The van der Waals surface area contributed by atoms with Gasteiger partial charge in [-0.1, -0.05) is 17.3 Å². The number of aromatic nitrogens is 5. The summed E-state index contributed by atoms with van der Waals surface area (Å²) in [7, 11) is 0. The summed E-state index contributed by atoms with van der Waals surface area (Å²) in [4.78, 5) is 17.0. The molecular weight excluding hydrogens is 442 g/mol. The van der Waals surface area contributed by atoms with Crippen molar-refractivity contribution in [1.29, 1.82) is 0 Å². The minimum atomic E-state index is -4.50. The number of fused-ring (bicyclic) bond motifs is 1. The van der Waals surface area contributed by atoms with E-state index in [1.54, 1.807) is 24.4 Å². The molecule has 0 spiro atoms. The normalized spacial score (nSPS) is 11.9. The van der Waals surface area contributed by atoms with Gasteiger partial charge in [0.1, 0.15) is 17.9 Å². The van der Waals surface area contributed by atoms with Gasteiger partial charge < -0.3 is 9.09 Å². The Morgan fingerprint density at radius 1 is 0.970 bits per heavy atom. The summed E-state index contributed by atoms with van der Waals surface area (Å²) in [6, 6.07) is 11.9. The van der Waals surface area contributed by atoms with E-state index in [2.05, 4.69) is 15.2 Å². The van der Waals surface area contributed by atoms with Crippen molar-refractivity contribution in [2.24, 2.45) is 0 Å². The zero-order chi connectivity index (χ0) is 23.2. The third-order valence-corrected chi connectivity index (χ3v) is 4.97. The van der Waals surface area contributed by atoms with Crippen molar-refractivity contribution in [1.82, 2.24) is 24.3 Å². The Bertz CT molecular complexity index is 1520. The monoisotopic (exact) mass is 455 g/mol. The van der Waals surface area contributed by atoms with E-state index >= 15 is 0 Å². The number of hydrogen-bond donors (Lipinski definition) is 0. The summed E-state index contributed by atoms with van der Waals surface area (Å²) < 4.78 is 59.9. The maximum Gasteiger partial charge on any atom is 0.416 e. The zero-order valence-corrected chi connectivity index (χ0v) is 16.6. The summed E-state index contributed by atoms with van der Waals surface area (Å²) in [6.45, 7) is -0.0850. The summed E-state index contributed by atoms with van der Waals surface area (Å²) >= 11 is 0. The molecule has 0 bridgehead atoms. The van der Waals surface area contributed by atoms with Gasteiger partial charge in [0, 0.05) is 23.5 Å². The van der Waals surface area contributed by atoms with Crippen molar-refractivity contribution in [2.75, 3.05) is 0 Å². The van der Waals surface area contributed by atoms with Crippen LogP contribution >= 0.6 is 0 Å². The predicted octanol–water partition coefficient (Wildman–Crippen LogP) is 4.42. The molecule has 33 heavy (non-hydrogen) atoms. The van der Waals surface area contributed by atoms with Gasteiger partial charge in [0.25, 0.3) is 5.56 Å².